The molecule has 0 aromatic heterocycles. The molecule has 0 spiro atoms. The molecule has 1 aliphatic rings. The number of benzene rings is 1. The maximum Gasteiger partial charge on any atom is 0.260 e. The molecule has 1 amide bonds. The van der Waals surface area contributed by atoms with Crippen molar-refractivity contribution in [3.63, 3.8) is 0 Å². The Balaban J connectivity index is 1.85. The Bertz CT molecular complexity index is 446. The molecule has 1 aromatic carbocycles. The quantitative estimate of drug-likeness (QED) is 0.814. The Morgan fingerprint density at radius 2 is 1.94 bits per heavy atom. The number of ketones is 1. The van der Waals surface area contributed by atoms with E-state index in [4.69, 9.17) is 4.74 Å². The lowest BCUT2D eigenvalue weighted by atomic mass is 10.1. The summed E-state index contributed by atoms with van der Waals surface area (Å²) in [5, 5.41) is 0. The first-order valence-electron chi connectivity index (χ1n) is 6.15. The van der Waals surface area contributed by atoms with Crippen molar-refractivity contribution in [2.45, 2.75) is 19.8 Å². The summed E-state index contributed by atoms with van der Waals surface area (Å²) >= 11 is 0. The van der Waals surface area contributed by atoms with Crippen molar-refractivity contribution >= 4 is 11.7 Å². The van der Waals surface area contributed by atoms with E-state index in [2.05, 4.69) is 0 Å². The third-order valence-corrected chi connectivity index (χ3v) is 3.12. The molecule has 1 aromatic rings. The monoisotopic (exact) mass is 247 g/mol. The summed E-state index contributed by atoms with van der Waals surface area (Å²) in [6.45, 7) is 3.03. The number of carbonyl (C=O) groups is 2. The maximum absolute atomic E-state index is 11.9. The van der Waals surface area contributed by atoms with Gasteiger partial charge in [0, 0.05) is 25.9 Å². The maximum atomic E-state index is 11.9. The number of rotatable bonds is 3. The molecule has 0 atom stereocenters. The van der Waals surface area contributed by atoms with Gasteiger partial charge >= 0.3 is 0 Å². The largest absolute Gasteiger partial charge is 0.484 e. The van der Waals surface area contributed by atoms with Crippen LogP contribution in [0.4, 0.5) is 0 Å². The van der Waals surface area contributed by atoms with E-state index >= 15 is 0 Å². The van der Waals surface area contributed by atoms with Crippen LogP contribution in [0.15, 0.2) is 24.3 Å². The zero-order valence-corrected chi connectivity index (χ0v) is 10.5. The summed E-state index contributed by atoms with van der Waals surface area (Å²) in [7, 11) is 0. The number of Topliss-reactive ketones (excluding diaryl/α,β-unsaturated/α-hetero) is 1. The van der Waals surface area contributed by atoms with E-state index in [0.717, 1.165) is 11.3 Å². The third kappa shape index (κ3) is 3.09. The number of para-hydroxylation sites is 1. The summed E-state index contributed by atoms with van der Waals surface area (Å²) < 4.78 is 5.50. The zero-order valence-electron chi connectivity index (χ0n) is 10.5. The Morgan fingerprint density at radius 1 is 1.28 bits per heavy atom. The lowest BCUT2D eigenvalue weighted by Gasteiger charge is -2.26. The minimum absolute atomic E-state index is 0.0407. The average molecular weight is 247 g/mol. The molecule has 1 aliphatic heterocycles. The SMILES string of the molecule is Cc1ccccc1OCC(=O)N1CCC(=O)CC1. The highest BCUT2D eigenvalue weighted by Crippen LogP contribution is 2.16. The molecule has 96 valence electrons. The molecule has 0 unspecified atom stereocenters. The van der Waals surface area contributed by atoms with Crippen molar-refractivity contribution in [2.75, 3.05) is 19.7 Å². The minimum atomic E-state index is -0.0502. The van der Waals surface area contributed by atoms with E-state index in [1.165, 1.54) is 0 Å². The number of likely N-dealkylation sites (tertiary alicyclic amines) is 1. The van der Waals surface area contributed by atoms with Gasteiger partial charge in [-0.2, -0.15) is 0 Å². The van der Waals surface area contributed by atoms with E-state index in [1.54, 1.807) is 4.90 Å². The van der Waals surface area contributed by atoms with Gasteiger partial charge in [-0.05, 0) is 18.6 Å². The van der Waals surface area contributed by atoms with Crippen LogP contribution in [-0.4, -0.2) is 36.3 Å². The van der Waals surface area contributed by atoms with Gasteiger partial charge in [-0.25, -0.2) is 0 Å². The Morgan fingerprint density at radius 3 is 2.61 bits per heavy atom. The normalized spacial score (nSPS) is 15.6. The number of hydrogen-bond acceptors (Lipinski definition) is 3. The van der Waals surface area contributed by atoms with Crippen LogP contribution < -0.4 is 4.74 Å². The Hall–Kier alpha value is -1.84. The van der Waals surface area contributed by atoms with Crippen molar-refractivity contribution < 1.29 is 14.3 Å². The number of piperidine rings is 1. The molecule has 1 heterocycles. The van der Waals surface area contributed by atoms with Crippen molar-refractivity contribution in [3.8, 4) is 5.75 Å². The average Bonchev–Trinajstić information content (AvgIpc) is 2.38. The van der Waals surface area contributed by atoms with Gasteiger partial charge in [0.05, 0.1) is 0 Å². The summed E-state index contributed by atoms with van der Waals surface area (Å²) in [5.74, 6) is 0.920. The zero-order chi connectivity index (χ0) is 13.0. The highest BCUT2D eigenvalue weighted by Gasteiger charge is 2.20. The number of hydrogen-bond donors (Lipinski definition) is 0. The van der Waals surface area contributed by atoms with E-state index in [-0.39, 0.29) is 18.3 Å². The van der Waals surface area contributed by atoms with Crippen LogP contribution in [0.25, 0.3) is 0 Å². The highest BCUT2D eigenvalue weighted by atomic mass is 16.5. The van der Waals surface area contributed by atoms with Gasteiger partial charge in [0.1, 0.15) is 11.5 Å². The summed E-state index contributed by atoms with van der Waals surface area (Å²) in [6, 6.07) is 7.61. The van der Waals surface area contributed by atoms with Crippen LogP contribution in [0, 0.1) is 6.92 Å². The van der Waals surface area contributed by atoms with Gasteiger partial charge in [-0.3, -0.25) is 9.59 Å². The molecule has 2 rings (SSSR count). The predicted octanol–water partition coefficient (Wildman–Crippen LogP) is 1.57. The lowest BCUT2D eigenvalue weighted by molar-refractivity contribution is -0.136. The van der Waals surface area contributed by atoms with Crippen molar-refractivity contribution in [1.29, 1.82) is 0 Å². The van der Waals surface area contributed by atoms with Crippen LogP contribution in [0.5, 0.6) is 5.75 Å². The first kappa shape index (κ1) is 12.6. The molecule has 4 nitrogen and oxygen atoms in total. The predicted molar refractivity (Wildman–Crippen MR) is 67.5 cm³/mol. The molecule has 0 radical (unpaired) electrons. The van der Waals surface area contributed by atoms with Crippen LogP contribution in [-0.2, 0) is 9.59 Å². The Kier molecular flexibility index (Phi) is 3.97. The van der Waals surface area contributed by atoms with Gasteiger partial charge in [0.25, 0.3) is 5.91 Å². The smallest absolute Gasteiger partial charge is 0.260 e. The van der Waals surface area contributed by atoms with Gasteiger partial charge in [-0.15, -0.1) is 0 Å². The van der Waals surface area contributed by atoms with E-state index in [0.29, 0.717) is 25.9 Å². The second-order valence-corrected chi connectivity index (χ2v) is 4.47. The Labute approximate surface area is 107 Å². The second-order valence-electron chi connectivity index (χ2n) is 4.47. The van der Waals surface area contributed by atoms with Crippen LogP contribution >= 0.6 is 0 Å². The van der Waals surface area contributed by atoms with Gasteiger partial charge in [0.15, 0.2) is 6.61 Å². The van der Waals surface area contributed by atoms with Gasteiger partial charge in [0.2, 0.25) is 0 Å². The third-order valence-electron chi connectivity index (χ3n) is 3.12. The molecule has 1 fully saturated rings. The molecule has 4 heteroatoms. The standard InChI is InChI=1S/C14H17NO3/c1-11-4-2-3-5-13(11)18-10-14(17)15-8-6-12(16)7-9-15/h2-5H,6-10H2,1H3. The van der Waals surface area contributed by atoms with Crippen LogP contribution in [0.3, 0.4) is 0 Å². The van der Waals surface area contributed by atoms with Crippen LogP contribution in [0.2, 0.25) is 0 Å². The number of carbonyl (C=O) groups excluding carboxylic acids is 2. The van der Waals surface area contributed by atoms with Gasteiger partial charge in [-0.1, -0.05) is 18.2 Å². The van der Waals surface area contributed by atoms with E-state index < -0.39 is 0 Å². The fraction of sp³-hybridized carbons (Fsp3) is 0.429. The summed E-state index contributed by atoms with van der Waals surface area (Å²) in [6.07, 6.45) is 0.937. The molecule has 18 heavy (non-hydrogen) atoms. The molecule has 1 saturated heterocycles. The van der Waals surface area contributed by atoms with E-state index in [9.17, 15) is 9.59 Å². The number of amides is 1. The second kappa shape index (κ2) is 5.67. The summed E-state index contributed by atoms with van der Waals surface area (Å²) in [5.41, 5.74) is 1.01. The fourth-order valence-corrected chi connectivity index (χ4v) is 1.95. The first-order valence-corrected chi connectivity index (χ1v) is 6.15. The summed E-state index contributed by atoms with van der Waals surface area (Å²) in [4.78, 5) is 24.7. The number of aryl methyl sites for hydroxylation is 1. The lowest BCUT2D eigenvalue weighted by Crippen LogP contribution is -2.41. The number of nitrogens with zero attached hydrogens (tertiary/aromatic N) is 1. The fourth-order valence-electron chi connectivity index (χ4n) is 1.95. The molecule has 0 bridgehead atoms. The van der Waals surface area contributed by atoms with Crippen molar-refractivity contribution in [2.24, 2.45) is 0 Å². The molecular weight excluding hydrogens is 230 g/mol. The number of ether oxygens (including phenoxy) is 1. The topological polar surface area (TPSA) is 46.6 Å². The van der Waals surface area contributed by atoms with Crippen molar-refractivity contribution in [3.05, 3.63) is 29.8 Å². The molecule has 0 N–H and O–H groups in total. The highest BCUT2D eigenvalue weighted by molar-refractivity contribution is 5.84. The molecule has 0 saturated carbocycles. The minimum Gasteiger partial charge on any atom is -0.484 e. The van der Waals surface area contributed by atoms with Crippen LogP contribution in [0.1, 0.15) is 18.4 Å². The molecule has 0 aliphatic carbocycles. The van der Waals surface area contributed by atoms with Gasteiger partial charge < -0.3 is 9.64 Å². The first-order chi connectivity index (χ1) is 8.66. The van der Waals surface area contributed by atoms with E-state index in [1.807, 2.05) is 31.2 Å². The van der Waals surface area contributed by atoms with Crippen molar-refractivity contribution in [1.82, 2.24) is 4.90 Å². The molecular formula is C14H17NO3.